The van der Waals surface area contributed by atoms with Gasteiger partial charge in [-0.15, -0.1) is 0 Å². The molecule has 0 aliphatic carbocycles. The molecule has 0 aromatic heterocycles. The Balaban J connectivity index is 2.43. The quantitative estimate of drug-likeness (QED) is 0.485. The normalized spacial score (nSPS) is 12.8. The number of alkyl carbamates (subject to hydrolysis) is 1. The van der Waals surface area contributed by atoms with E-state index in [0.29, 0.717) is 16.3 Å². The summed E-state index contributed by atoms with van der Waals surface area (Å²) in [5.74, 6) is -0.861. The number of nitrogens with zero attached hydrogens (tertiary/aromatic N) is 1. The van der Waals surface area contributed by atoms with Crippen LogP contribution in [0.25, 0.3) is 6.08 Å². The first-order chi connectivity index (χ1) is 16.4. The summed E-state index contributed by atoms with van der Waals surface area (Å²) in [6, 6.07) is 10.7. The third-order valence-corrected chi connectivity index (χ3v) is 5.53. The maximum absolute atomic E-state index is 13.7. The molecule has 0 aliphatic rings. The molecule has 0 bridgehead atoms. The molecule has 2 N–H and O–H groups in total. The SMILES string of the molecule is C=Cc1cccc(C(C(=O)Nc2c(C)cccc2Cl)N(CC)C(=O)C(C)NC(=O)OC(C)(C)C)c1. The van der Waals surface area contributed by atoms with Crippen molar-refractivity contribution < 1.29 is 19.1 Å². The monoisotopic (exact) mass is 499 g/mol. The van der Waals surface area contributed by atoms with Crippen LogP contribution in [0.4, 0.5) is 10.5 Å². The molecule has 3 amide bonds. The third-order valence-electron chi connectivity index (χ3n) is 5.22. The van der Waals surface area contributed by atoms with E-state index in [1.807, 2.05) is 19.1 Å². The van der Waals surface area contributed by atoms with Crippen molar-refractivity contribution in [2.75, 3.05) is 11.9 Å². The number of likely N-dealkylation sites (N-methyl/N-ethyl adjacent to an activating group) is 1. The summed E-state index contributed by atoms with van der Waals surface area (Å²) in [6.07, 6.45) is 0.956. The Hall–Kier alpha value is -3.32. The molecule has 2 rings (SSSR count). The molecule has 0 aliphatic heterocycles. The van der Waals surface area contributed by atoms with Crippen LogP contribution in [0.3, 0.4) is 0 Å². The predicted molar refractivity (Wildman–Crippen MR) is 140 cm³/mol. The number of hydrogen-bond donors (Lipinski definition) is 2. The van der Waals surface area contributed by atoms with Crippen LogP contribution in [0.15, 0.2) is 49.0 Å². The van der Waals surface area contributed by atoms with Crippen LogP contribution in [0.1, 0.15) is 57.4 Å². The number of rotatable bonds is 8. The number of carbonyl (C=O) groups is 3. The van der Waals surface area contributed by atoms with E-state index in [-0.39, 0.29) is 6.54 Å². The van der Waals surface area contributed by atoms with Gasteiger partial charge in [-0.3, -0.25) is 9.59 Å². The molecule has 7 nitrogen and oxygen atoms in total. The minimum Gasteiger partial charge on any atom is -0.444 e. The Kier molecular flexibility index (Phi) is 9.48. The van der Waals surface area contributed by atoms with Gasteiger partial charge in [0.15, 0.2) is 0 Å². The standard InChI is InChI=1S/C27H34ClN3O4/c1-8-19-13-11-14-20(16-19)23(24(32)30-22-17(3)12-10-15-21(22)28)31(9-2)25(33)18(4)29-26(34)35-27(5,6)7/h8,10-16,18,23H,1,9H2,2-7H3,(H,29,34)(H,30,32). The fourth-order valence-electron chi connectivity index (χ4n) is 3.57. The fraction of sp³-hybridized carbons (Fsp3) is 0.370. The summed E-state index contributed by atoms with van der Waals surface area (Å²) in [7, 11) is 0. The zero-order chi connectivity index (χ0) is 26.3. The number of benzene rings is 2. The van der Waals surface area contributed by atoms with Gasteiger partial charge in [-0.1, -0.05) is 54.6 Å². The molecule has 0 saturated heterocycles. The number of ether oxygens (including phenoxy) is 1. The van der Waals surface area contributed by atoms with Gasteiger partial charge >= 0.3 is 6.09 Å². The van der Waals surface area contributed by atoms with Crippen molar-refractivity contribution in [1.29, 1.82) is 0 Å². The van der Waals surface area contributed by atoms with E-state index in [9.17, 15) is 14.4 Å². The van der Waals surface area contributed by atoms with Gasteiger partial charge in [-0.25, -0.2) is 4.79 Å². The van der Waals surface area contributed by atoms with Crippen LogP contribution in [0, 0.1) is 6.92 Å². The summed E-state index contributed by atoms with van der Waals surface area (Å²) in [4.78, 5) is 40.8. The third kappa shape index (κ3) is 7.59. The lowest BCUT2D eigenvalue weighted by molar-refractivity contribution is -0.140. The summed E-state index contributed by atoms with van der Waals surface area (Å²) in [5.41, 5.74) is 1.96. The van der Waals surface area contributed by atoms with E-state index >= 15 is 0 Å². The van der Waals surface area contributed by atoms with Gasteiger partial charge in [0, 0.05) is 6.54 Å². The molecule has 35 heavy (non-hydrogen) atoms. The van der Waals surface area contributed by atoms with E-state index in [2.05, 4.69) is 17.2 Å². The number of para-hydroxylation sites is 1. The lowest BCUT2D eigenvalue weighted by Crippen LogP contribution is -2.51. The molecule has 2 atom stereocenters. The summed E-state index contributed by atoms with van der Waals surface area (Å²) in [6.45, 7) is 14.4. The van der Waals surface area contributed by atoms with E-state index in [0.717, 1.165) is 11.1 Å². The summed E-state index contributed by atoms with van der Waals surface area (Å²) in [5, 5.41) is 5.85. The van der Waals surface area contributed by atoms with Crippen LogP contribution in [0.2, 0.25) is 5.02 Å². The first-order valence-corrected chi connectivity index (χ1v) is 11.8. The van der Waals surface area contributed by atoms with Crippen molar-refractivity contribution in [3.63, 3.8) is 0 Å². The Morgan fingerprint density at radius 2 is 1.83 bits per heavy atom. The molecular formula is C27H34ClN3O4. The second-order valence-electron chi connectivity index (χ2n) is 9.19. The Bertz CT molecular complexity index is 1070. The maximum atomic E-state index is 13.7. The smallest absolute Gasteiger partial charge is 0.408 e. The van der Waals surface area contributed by atoms with Crippen molar-refractivity contribution in [1.82, 2.24) is 10.2 Å². The second-order valence-corrected chi connectivity index (χ2v) is 9.60. The summed E-state index contributed by atoms with van der Waals surface area (Å²) >= 11 is 6.34. The molecule has 0 fully saturated rings. The highest BCUT2D eigenvalue weighted by Gasteiger charge is 2.34. The minimum absolute atomic E-state index is 0.219. The van der Waals surface area contributed by atoms with E-state index in [1.54, 1.807) is 71.0 Å². The molecule has 0 radical (unpaired) electrons. The van der Waals surface area contributed by atoms with Gasteiger partial charge in [-0.05, 0) is 70.4 Å². The molecule has 0 spiro atoms. The Morgan fingerprint density at radius 1 is 1.17 bits per heavy atom. The van der Waals surface area contributed by atoms with Gasteiger partial charge in [0.05, 0.1) is 10.7 Å². The van der Waals surface area contributed by atoms with Crippen molar-refractivity contribution >= 4 is 41.3 Å². The highest BCUT2D eigenvalue weighted by molar-refractivity contribution is 6.34. The van der Waals surface area contributed by atoms with Gasteiger partial charge < -0.3 is 20.3 Å². The number of hydrogen-bond acceptors (Lipinski definition) is 4. The lowest BCUT2D eigenvalue weighted by atomic mass is 10.00. The largest absolute Gasteiger partial charge is 0.444 e. The lowest BCUT2D eigenvalue weighted by Gasteiger charge is -2.33. The van der Waals surface area contributed by atoms with Gasteiger partial charge in [-0.2, -0.15) is 0 Å². The maximum Gasteiger partial charge on any atom is 0.408 e. The Morgan fingerprint density at radius 3 is 2.40 bits per heavy atom. The zero-order valence-corrected chi connectivity index (χ0v) is 21.9. The number of anilines is 1. The van der Waals surface area contributed by atoms with Crippen molar-refractivity contribution in [3.8, 4) is 0 Å². The molecule has 8 heteroatoms. The van der Waals surface area contributed by atoms with E-state index in [4.69, 9.17) is 16.3 Å². The number of amides is 3. The van der Waals surface area contributed by atoms with Crippen LogP contribution in [-0.4, -0.2) is 41.0 Å². The second kappa shape index (κ2) is 11.9. The topological polar surface area (TPSA) is 87.7 Å². The zero-order valence-electron chi connectivity index (χ0n) is 21.1. The highest BCUT2D eigenvalue weighted by Crippen LogP contribution is 2.29. The van der Waals surface area contributed by atoms with Crippen LogP contribution in [0.5, 0.6) is 0 Å². The molecule has 0 heterocycles. The molecule has 188 valence electrons. The fourth-order valence-corrected chi connectivity index (χ4v) is 3.84. The molecule has 2 aromatic carbocycles. The van der Waals surface area contributed by atoms with Crippen LogP contribution < -0.4 is 10.6 Å². The average Bonchev–Trinajstić information content (AvgIpc) is 2.77. The van der Waals surface area contributed by atoms with E-state index < -0.39 is 35.6 Å². The molecule has 0 saturated carbocycles. The molecular weight excluding hydrogens is 466 g/mol. The van der Waals surface area contributed by atoms with E-state index in [1.165, 1.54) is 4.90 Å². The number of aryl methyl sites for hydroxylation is 1. The van der Waals surface area contributed by atoms with Crippen molar-refractivity contribution in [2.24, 2.45) is 0 Å². The first kappa shape index (κ1) is 27.9. The highest BCUT2D eigenvalue weighted by atomic mass is 35.5. The Labute approximate surface area is 212 Å². The van der Waals surface area contributed by atoms with Crippen molar-refractivity contribution in [2.45, 2.75) is 59.2 Å². The number of halogens is 1. The van der Waals surface area contributed by atoms with Crippen LogP contribution in [-0.2, 0) is 14.3 Å². The molecule has 2 unspecified atom stereocenters. The average molecular weight is 500 g/mol. The van der Waals surface area contributed by atoms with Gasteiger partial charge in [0.2, 0.25) is 5.91 Å². The van der Waals surface area contributed by atoms with Crippen LogP contribution >= 0.6 is 11.6 Å². The van der Waals surface area contributed by atoms with Gasteiger partial charge in [0.1, 0.15) is 17.7 Å². The number of nitrogens with one attached hydrogen (secondary N) is 2. The predicted octanol–water partition coefficient (Wildman–Crippen LogP) is 5.73. The number of carbonyl (C=O) groups excluding carboxylic acids is 3. The molecule has 2 aromatic rings. The summed E-state index contributed by atoms with van der Waals surface area (Å²) < 4.78 is 5.27. The van der Waals surface area contributed by atoms with Crippen molar-refractivity contribution in [3.05, 3.63) is 70.8 Å². The first-order valence-electron chi connectivity index (χ1n) is 11.5. The minimum atomic E-state index is -0.981. The van der Waals surface area contributed by atoms with Gasteiger partial charge in [0.25, 0.3) is 5.91 Å².